The fourth-order valence-corrected chi connectivity index (χ4v) is 3.53. The predicted molar refractivity (Wildman–Crippen MR) is 115 cm³/mol. The highest BCUT2D eigenvalue weighted by Gasteiger charge is 2.11. The number of nitrogen functional groups attached to an aromatic ring is 1. The molecule has 0 fully saturated rings. The fraction of sp³-hybridized carbons (Fsp3) is 0.105. The van der Waals surface area contributed by atoms with Crippen LogP contribution in [0.1, 0.15) is 11.4 Å². The molecule has 0 radical (unpaired) electrons. The number of nitrogens with two attached hydrogens (primary N) is 1. The summed E-state index contributed by atoms with van der Waals surface area (Å²) >= 11 is 7.69. The minimum Gasteiger partial charge on any atom is -0.368 e. The number of nitrogens with zero attached hydrogens (tertiary/aromatic N) is 6. The van der Waals surface area contributed by atoms with Gasteiger partial charge in [-0.3, -0.25) is 4.57 Å². The van der Waals surface area contributed by atoms with Crippen LogP contribution in [0.3, 0.4) is 0 Å². The van der Waals surface area contributed by atoms with Crippen molar-refractivity contribution in [2.75, 3.05) is 11.1 Å². The van der Waals surface area contributed by atoms with Gasteiger partial charge in [0.25, 0.3) is 0 Å². The molecule has 3 N–H and O–H groups in total. The lowest BCUT2D eigenvalue weighted by molar-refractivity contribution is 0.879. The van der Waals surface area contributed by atoms with Crippen LogP contribution >= 0.6 is 23.4 Å². The van der Waals surface area contributed by atoms with Crippen LogP contribution in [0.5, 0.6) is 0 Å². The molecule has 0 saturated heterocycles. The average molecular weight is 425 g/mol. The molecule has 2 aromatic heterocycles. The predicted octanol–water partition coefficient (Wildman–Crippen LogP) is 4.03. The van der Waals surface area contributed by atoms with Crippen molar-refractivity contribution in [3.8, 4) is 5.69 Å². The molecule has 0 aliphatic heterocycles. The SMILES string of the molecule is Cc1ccc(-n2cnnc2SCc2nc(N)nc(Nc3ccccc3)n2)cc1Cl. The highest BCUT2D eigenvalue weighted by molar-refractivity contribution is 7.98. The molecule has 0 bridgehead atoms. The first-order chi connectivity index (χ1) is 14.1. The Labute approximate surface area is 176 Å². The van der Waals surface area contributed by atoms with Crippen LogP contribution in [0.15, 0.2) is 60.0 Å². The van der Waals surface area contributed by atoms with Gasteiger partial charge in [0, 0.05) is 10.7 Å². The molecule has 0 saturated carbocycles. The van der Waals surface area contributed by atoms with E-state index in [0.29, 0.717) is 27.7 Å². The van der Waals surface area contributed by atoms with Crippen LogP contribution in [0.4, 0.5) is 17.6 Å². The van der Waals surface area contributed by atoms with Crippen molar-refractivity contribution >= 4 is 40.9 Å². The molecular weight excluding hydrogens is 408 g/mol. The molecule has 8 nitrogen and oxygen atoms in total. The van der Waals surface area contributed by atoms with Gasteiger partial charge in [-0.1, -0.05) is 47.6 Å². The van der Waals surface area contributed by atoms with Crippen molar-refractivity contribution in [3.05, 3.63) is 71.3 Å². The Kier molecular flexibility index (Phi) is 5.59. The zero-order valence-corrected chi connectivity index (χ0v) is 17.0. The third-order valence-electron chi connectivity index (χ3n) is 4.01. The van der Waals surface area contributed by atoms with Gasteiger partial charge in [-0.25, -0.2) is 0 Å². The highest BCUT2D eigenvalue weighted by atomic mass is 35.5. The lowest BCUT2D eigenvalue weighted by Crippen LogP contribution is -2.06. The summed E-state index contributed by atoms with van der Waals surface area (Å²) in [5, 5.41) is 12.7. The van der Waals surface area contributed by atoms with E-state index in [-0.39, 0.29) is 5.95 Å². The summed E-state index contributed by atoms with van der Waals surface area (Å²) in [4.78, 5) is 12.8. The number of para-hydroxylation sites is 1. The van der Waals surface area contributed by atoms with Gasteiger partial charge in [0.15, 0.2) is 5.16 Å². The fourth-order valence-electron chi connectivity index (χ4n) is 2.57. The van der Waals surface area contributed by atoms with Crippen LogP contribution in [-0.4, -0.2) is 29.7 Å². The molecule has 0 atom stereocenters. The lowest BCUT2D eigenvalue weighted by atomic mass is 10.2. The van der Waals surface area contributed by atoms with E-state index >= 15 is 0 Å². The molecule has 0 aliphatic carbocycles. The van der Waals surface area contributed by atoms with E-state index in [2.05, 4.69) is 30.5 Å². The maximum Gasteiger partial charge on any atom is 0.232 e. The third-order valence-corrected chi connectivity index (χ3v) is 5.36. The van der Waals surface area contributed by atoms with E-state index in [9.17, 15) is 0 Å². The summed E-state index contributed by atoms with van der Waals surface area (Å²) in [6.07, 6.45) is 1.65. The lowest BCUT2D eigenvalue weighted by Gasteiger charge is -2.09. The second-order valence-corrected chi connectivity index (χ2v) is 7.48. The number of benzene rings is 2. The second kappa shape index (κ2) is 8.46. The average Bonchev–Trinajstić information content (AvgIpc) is 3.17. The summed E-state index contributed by atoms with van der Waals surface area (Å²) in [5.41, 5.74) is 8.62. The van der Waals surface area contributed by atoms with Gasteiger partial charge in [-0.2, -0.15) is 15.0 Å². The molecule has 0 spiro atoms. The van der Waals surface area contributed by atoms with Crippen molar-refractivity contribution < 1.29 is 0 Å². The van der Waals surface area contributed by atoms with E-state index < -0.39 is 0 Å². The number of anilines is 3. The molecule has 2 heterocycles. The Hall–Kier alpha value is -3.17. The summed E-state index contributed by atoms with van der Waals surface area (Å²) < 4.78 is 1.86. The minimum absolute atomic E-state index is 0.154. The number of thioether (sulfide) groups is 1. The zero-order valence-electron chi connectivity index (χ0n) is 15.5. The molecule has 146 valence electrons. The molecule has 0 unspecified atom stereocenters. The minimum atomic E-state index is 0.154. The summed E-state index contributed by atoms with van der Waals surface area (Å²) in [5.74, 6) is 1.54. The molecule has 29 heavy (non-hydrogen) atoms. The number of aryl methyl sites for hydroxylation is 1. The first-order valence-electron chi connectivity index (χ1n) is 8.70. The van der Waals surface area contributed by atoms with Gasteiger partial charge in [-0.15, -0.1) is 10.2 Å². The summed E-state index contributed by atoms with van der Waals surface area (Å²) in [6, 6.07) is 15.4. The smallest absolute Gasteiger partial charge is 0.232 e. The third kappa shape index (κ3) is 4.64. The molecule has 0 aliphatic rings. The van der Waals surface area contributed by atoms with Crippen molar-refractivity contribution in [3.63, 3.8) is 0 Å². The number of hydrogen-bond acceptors (Lipinski definition) is 8. The van der Waals surface area contributed by atoms with E-state index in [1.54, 1.807) is 6.33 Å². The van der Waals surface area contributed by atoms with Crippen LogP contribution in [0, 0.1) is 6.92 Å². The quantitative estimate of drug-likeness (QED) is 0.446. The van der Waals surface area contributed by atoms with E-state index in [4.69, 9.17) is 17.3 Å². The first-order valence-corrected chi connectivity index (χ1v) is 10.1. The monoisotopic (exact) mass is 424 g/mol. The summed E-state index contributed by atoms with van der Waals surface area (Å²) in [6.45, 7) is 1.96. The Bertz CT molecular complexity index is 1130. The van der Waals surface area contributed by atoms with Gasteiger partial charge in [0.2, 0.25) is 11.9 Å². The Morgan fingerprint density at radius 2 is 1.93 bits per heavy atom. The van der Waals surface area contributed by atoms with Crippen LogP contribution in [-0.2, 0) is 5.75 Å². The Morgan fingerprint density at radius 3 is 2.72 bits per heavy atom. The number of halogens is 1. The van der Waals surface area contributed by atoms with Gasteiger partial charge >= 0.3 is 0 Å². The van der Waals surface area contributed by atoms with Crippen LogP contribution in [0.25, 0.3) is 5.69 Å². The van der Waals surface area contributed by atoms with Gasteiger partial charge in [0.05, 0.1) is 11.4 Å². The van der Waals surface area contributed by atoms with Crippen molar-refractivity contribution in [2.45, 2.75) is 17.8 Å². The van der Waals surface area contributed by atoms with Crippen LogP contribution in [0.2, 0.25) is 5.02 Å². The van der Waals surface area contributed by atoms with Gasteiger partial charge in [-0.05, 0) is 36.8 Å². The number of nitrogens with one attached hydrogen (secondary N) is 1. The molecule has 0 amide bonds. The number of hydrogen-bond donors (Lipinski definition) is 2. The molecule has 4 rings (SSSR count). The molecule has 10 heteroatoms. The number of rotatable bonds is 6. The van der Waals surface area contributed by atoms with E-state index in [1.165, 1.54) is 11.8 Å². The topological polar surface area (TPSA) is 107 Å². The van der Waals surface area contributed by atoms with Crippen molar-refractivity contribution in [1.29, 1.82) is 0 Å². The Balaban J connectivity index is 1.51. The maximum atomic E-state index is 6.25. The Morgan fingerprint density at radius 1 is 1.10 bits per heavy atom. The second-order valence-electron chi connectivity index (χ2n) is 6.13. The number of aromatic nitrogens is 6. The van der Waals surface area contributed by atoms with E-state index in [0.717, 1.165) is 16.9 Å². The largest absolute Gasteiger partial charge is 0.368 e. The summed E-state index contributed by atoms with van der Waals surface area (Å²) in [7, 11) is 0. The zero-order chi connectivity index (χ0) is 20.2. The van der Waals surface area contributed by atoms with Gasteiger partial charge < -0.3 is 11.1 Å². The molecular formula is C19H17ClN8S. The van der Waals surface area contributed by atoms with Gasteiger partial charge in [0.1, 0.15) is 12.2 Å². The first kappa shape index (κ1) is 19.2. The molecule has 4 aromatic rings. The van der Waals surface area contributed by atoms with Crippen LogP contribution < -0.4 is 11.1 Å². The normalized spacial score (nSPS) is 10.8. The van der Waals surface area contributed by atoms with E-state index in [1.807, 2.05) is 60.0 Å². The highest BCUT2D eigenvalue weighted by Crippen LogP contribution is 2.25. The standard InChI is InChI=1S/C19H17ClN8S/c1-12-7-8-14(9-15(12)20)28-11-22-27-19(28)29-10-16-24-17(21)26-18(25-16)23-13-5-3-2-4-6-13/h2-9,11H,10H2,1H3,(H3,21,23,24,25,26). The molecule has 2 aromatic carbocycles. The maximum absolute atomic E-state index is 6.25. The van der Waals surface area contributed by atoms with Crippen molar-refractivity contribution in [2.24, 2.45) is 0 Å². The van der Waals surface area contributed by atoms with Crippen molar-refractivity contribution in [1.82, 2.24) is 29.7 Å².